The molecule has 0 saturated heterocycles. The standard InChI is InChI=1S/C24H17ClF2N2O4/c25-18-13-15(10-11-20(18)33-24(26)27)28-21(30)19(12-14-6-2-1-3-7-14)29-22(31)16-8-4-5-9-17(16)23(29)32/h1-11,13,19,24H,12H2,(H,28,30)/t19-/m1/s1. The van der Waals surface area contributed by atoms with E-state index in [0.29, 0.717) is 0 Å². The van der Waals surface area contributed by atoms with E-state index >= 15 is 0 Å². The number of benzene rings is 3. The second kappa shape index (κ2) is 9.38. The van der Waals surface area contributed by atoms with Gasteiger partial charge in [0.25, 0.3) is 11.8 Å². The van der Waals surface area contributed by atoms with Gasteiger partial charge in [0.15, 0.2) is 0 Å². The molecule has 0 fully saturated rings. The lowest BCUT2D eigenvalue weighted by Gasteiger charge is -2.25. The number of nitrogens with one attached hydrogen (secondary N) is 1. The minimum atomic E-state index is -3.05. The number of hydrogen-bond acceptors (Lipinski definition) is 4. The molecule has 0 radical (unpaired) electrons. The van der Waals surface area contributed by atoms with E-state index in [-0.39, 0.29) is 34.0 Å². The maximum Gasteiger partial charge on any atom is 0.387 e. The number of halogens is 3. The van der Waals surface area contributed by atoms with E-state index in [9.17, 15) is 23.2 Å². The van der Waals surface area contributed by atoms with E-state index in [1.807, 2.05) is 6.07 Å². The van der Waals surface area contributed by atoms with Gasteiger partial charge >= 0.3 is 6.61 Å². The molecule has 0 unspecified atom stereocenters. The zero-order valence-electron chi connectivity index (χ0n) is 17.0. The highest BCUT2D eigenvalue weighted by molar-refractivity contribution is 6.32. The molecule has 0 aromatic heterocycles. The molecule has 1 aliphatic rings. The van der Waals surface area contributed by atoms with Gasteiger partial charge in [-0.3, -0.25) is 19.3 Å². The lowest BCUT2D eigenvalue weighted by molar-refractivity contribution is -0.119. The SMILES string of the molecule is O=C(Nc1ccc(OC(F)F)c(Cl)c1)[C@@H](Cc1ccccc1)N1C(=O)c2ccccc2C1=O. The molecule has 168 valence electrons. The third-order valence-electron chi connectivity index (χ3n) is 5.13. The second-order valence-electron chi connectivity index (χ2n) is 7.24. The van der Waals surface area contributed by atoms with Crippen molar-refractivity contribution >= 4 is 35.0 Å². The maximum atomic E-state index is 13.3. The summed E-state index contributed by atoms with van der Waals surface area (Å²) in [6, 6.07) is 17.9. The Morgan fingerprint density at radius 3 is 2.12 bits per heavy atom. The second-order valence-corrected chi connectivity index (χ2v) is 7.65. The number of imide groups is 1. The Kier molecular flexibility index (Phi) is 6.37. The Labute approximate surface area is 192 Å². The summed E-state index contributed by atoms with van der Waals surface area (Å²) in [5.74, 6) is -2.01. The lowest BCUT2D eigenvalue weighted by atomic mass is 10.0. The number of hydrogen-bond donors (Lipinski definition) is 1. The number of rotatable bonds is 7. The molecule has 4 rings (SSSR count). The third kappa shape index (κ3) is 4.70. The van der Waals surface area contributed by atoms with Crippen LogP contribution < -0.4 is 10.1 Å². The number of carbonyl (C=O) groups is 3. The number of nitrogens with zero attached hydrogens (tertiary/aromatic N) is 1. The molecule has 33 heavy (non-hydrogen) atoms. The average Bonchev–Trinajstić information content (AvgIpc) is 3.05. The van der Waals surface area contributed by atoms with E-state index in [1.165, 1.54) is 30.3 Å². The first-order valence-electron chi connectivity index (χ1n) is 9.91. The first-order valence-corrected chi connectivity index (χ1v) is 10.3. The van der Waals surface area contributed by atoms with E-state index in [0.717, 1.165) is 10.5 Å². The van der Waals surface area contributed by atoms with Crippen LogP contribution in [0.15, 0.2) is 72.8 Å². The van der Waals surface area contributed by atoms with Gasteiger partial charge in [-0.15, -0.1) is 0 Å². The van der Waals surface area contributed by atoms with Gasteiger partial charge in [-0.1, -0.05) is 54.1 Å². The molecule has 6 nitrogen and oxygen atoms in total. The van der Waals surface area contributed by atoms with Gasteiger partial charge in [-0.25, -0.2) is 0 Å². The molecule has 1 aliphatic heterocycles. The summed E-state index contributed by atoms with van der Waals surface area (Å²) in [5, 5.41) is 2.48. The van der Waals surface area contributed by atoms with Gasteiger partial charge in [0.1, 0.15) is 11.8 Å². The van der Waals surface area contributed by atoms with E-state index < -0.39 is 30.4 Å². The Morgan fingerprint density at radius 1 is 0.939 bits per heavy atom. The van der Waals surface area contributed by atoms with Crippen molar-refractivity contribution in [2.75, 3.05) is 5.32 Å². The summed E-state index contributed by atoms with van der Waals surface area (Å²) in [6.07, 6.45) is 0.0818. The van der Waals surface area contributed by atoms with Gasteiger partial charge < -0.3 is 10.1 Å². The van der Waals surface area contributed by atoms with E-state index in [1.54, 1.807) is 36.4 Å². The maximum absolute atomic E-state index is 13.3. The molecule has 1 N–H and O–H groups in total. The van der Waals surface area contributed by atoms with Crippen molar-refractivity contribution in [2.24, 2.45) is 0 Å². The van der Waals surface area contributed by atoms with Crippen LogP contribution in [0.1, 0.15) is 26.3 Å². The fourth-order valence-corrected chi connectivity index (χ4v) is 3.85. The van der Waals surface area contributed by atoms with Crippen molar-refractivity contribution in [3.8, 4) is 5.75 Å². The van der Waals surface area contributed by atoms with Crippen LogP contribution in [-0.2, 0) is 11.2 Å². The number of amides is 3. The predicted octanol–water partition coefficient (Wildman–Crippen LogP) is 4.79. The Bertz CT molecular complexity index is 1190. The molecule has 1 heterocycles. The fourth-order valence-electron chi connectivity index (χ4n) is 3.63. The van der Waals surface area contributed by atoms with Crippen molar-refractivity contribution in [1.82, 2.24) is 4.90 Å². The van der Waals surface area contributed by atoms with Crippen molar-refractivity contribution in [2.45, 2.75) is 19.1 Å². The van der Waals surface area contributed by atoms with Crippen LogP contribution in [0.4, 0.5) is 14.5 Å². The van der Waals surface area contributed by atoms with Crippen molar-refractivity contribution in [3.63, 3.8) is 0 Å². The van der Waals surface area contributed by atoms with Crippen LogP contribution in [0, 0.1) is 0 Å². The molecular formula is C24H17ClF2N2O4. The molecule has 3 aromatic carbocycles. The van der Waals surface area contributed by atoms with Crippen LogP contribution in [0.25, 0.3) is 0 Å². The summed E-state index contributed by atoms with van der Waals surface area (Å²) >= 11 is 5.97. The smallest absolute Gasteiger partial charge is 0.387 e. The van der Waals surface area contributed by atoms with Crippen molar-refractivity contribution in [3.05, 3.63) is 94.5 Å². The Hall–Kier alpha value is -3.78. The van der Waals surface area contributed by atoms with Gasteiger partial charge in [-0.05, 0) is 35.9 Å². The predicted molar refractivity (Wildman–Crippen MR) is 118 cm³/mol. The molecule has 0 aliphatic carbocycles. The highest BCUT2D eigenvalue weighted by Gasteiger charge is 2.42. The molecule has 0 spiro atoms. The normalized spacial score (nSPS) is 13.8. The quantitative estimate of drug-likeness (QED) is 0.504. The van der Waals surface area contributed by atoms with Crippen LogP contribution in [-0.4, -0.2) is 35.3 Å². The summed E-state index contributed by atoms with van der Waals surface area (Å²) in [5.41, 5.74) is 1.39. The van der Waals surface area contributed by atoms with Crippen molar-refractivity contribution < 1.29 is 27.9 Å². The lowest BCUT2D eigenvalue weighted by Crippen LogP contribution is -2.48. The van der Waals surface area contributed by atoms with Gasteiger partial charge in [0, 0.05) is 12.1 Å². The van der Waals surface area contributed by atoms with Gasteiger partial charge in [-0.2, -0.15) is 8.78 Å². The molecular weight excluding hydrogens is 454 g/mol. The summed E-state index contributed by atoms with van der Waals surface area (Å²) < 4.78 is 29.2. The molecule has 9 heteroatoms. The van der Waals surface area contributed by atoms with Gasteiger partial charge in [0.05, 0.1) is 16.1 Å². The highest BCUT2D eigenvalue weighted by Crippen LogP contribution is 2.30. The molecule has 0 saturated carbocycles. The van der Waals surface area contributed by atoms with Crippen molar-refractivity contribution in [1.29, 1.82) is 0 Å². The van der Waals surface area contributed by atoms with E-state index in [4.69, 9.17) is 11.6 Å². The number of fused-ring (bicyclic) bond motifs is 1. The summed E-state index contributed by atoms with van der Waals surface area (Å²) in [4.78, 5) is 40.2. The summed E-state index contributed by atoms with van der Waals surface area (Å²) in [6.45, 7) is -3.05. The minimum absolute atomic E-state index is 0.0818. The molecule has 3 amide bonds. The third-order valence-corrected chi connectivity index (χ3v) is 5.42. The van der Waals surface area contributed by atoms with Crippen LogP contribution in [0.3, 0.4) is 0 Å². The molecule has 0 bridgehead atoms. The van der Waals surface area contributed by atoms with Gasteiger partial charge in [0.2, 0.25) is 5.91 Å². The number of anilines is 1. The zero-order valence-corrected chi connectivity index (χ0v) is 17.8. The average molecular weight is 471 g/mol. The van der Waals surface area contributed by atoms with E-state index in [2.05, 4.69) is 10.1 Å². The Balaban J connectivity index is 1.63. The topological polar surface area (TPSA) is 75.7 Å². The largest absolute Gasteiger partial charge is 0.433 e. The fraction of sp³-hybridized carbons (Fsp3) is 0.125. The molecule has 3 aromatic rings. The van der Waals surface area contributed by atoms with Crippen LogP contribution in [0.2, 0.25) is 5.02 Å². The zero-order chi connectivity index (χ0) is 23.5. The molecule has 1 atom stereocenters. The first-order chi connectivity index (χ1) is 15.8. The monoisotopic (exact) mass is 470 g/mol. The Morgan fingerprint density at radius 2 is 1.55 bits per heavy atom. The highest BCUT2D eigenvalue weighted by atomic mass is 35.5. The number of alkyl halides is 2. The first kappa shape index (κ1) is 22.4. The summed E-state index contributed by atoms with van der Waals surface area (Å²) in [7, 11) is 0. The van der Waals surface area contributed by atoms with Crippen LogP contribution >= 0.6 is 11.6 Å². The van der Waals surface area contributed by atoms with Crippen LogP contribution in [0.5, 0.6) is 5.75 Å². The number of ether oxygens (including phenoxy) is 1. The number of carbonyl (C=O) groups excluding carboxylic acids is 3. The minimum Gasteiger partial charge on any atom is -0.433 e.